The summed E-state index contributed by atoms with van der Waals surface area (Å²) in [5.41, 5.74) is 20.3. The normalized spacial score (nSPS) is 36.3. The van der Waals surface area contributed by atoms with Crippen LogP contribution in [0.3, 0.4) is 0 Å². The van der Waals surface area contributed by atoms with Crippen molar-refractivity contribution in [1.82, 2.24) is 20.9 Å². The first-order valence-corrected chi connectivity index (χ1v) is 27.5. The lowest BCUT2D eigenvalue weighted by molar-refractivity contribution is -0.327. The van der Waals surface area contributed by atoms with Gasteiger partial charge in [-0.1, -0.05) is 18.2 Å². The minimum absolute atomic E-state index is 0.106. The zero-order valence-corrected chi connectivity index (χ0v) is 47.2. The van der Waals surface area contributed by atoms with Crippen molar-refractivity contribution in [3.05, 3.63) is 76.6 Å². The van der Waals surface area contributed by atoms with Crippen LogP contribution in [0.25, 0.3) is 0 Å². The average molecular weight is 1230 g/mol. The number of amides is 5. The molecule has 34 heteroatoms. The van der Waals surface area contributed by atoms with Crippen molar-refractivity contribution in [1.29, 1.82) is 0 Å². The summed E-state index contributed by atoms with van der Waals surface area (Å²) in [5, 5.41) is 148. The number of benzene rings is 2. The van der Waals surface area contributed by atoms with Gasteiger partial charge >= 0.3 is 12.1 Å². The van der Waals surface area contributed by atoms with E-state index in [-0.39, 0.29) is 60.7 Å². The smallest absolute Gasteiger partial charge is 0.319 e. The van der Waals surface area contributed by atoms with Crippen LogP contribution in [-0.4, -0.2) is 257 Å². The van der Waals surface area contributed by atoms with Gasteiger partial charge in [0, 0.05) is 55.0 Å². The molecular weight excluding hydrogens is 1150 g/mol. The molecule has 27 N–H and O–H groups in total. The Balaban J connectivity index is 0.870. The van der Waals surface area contributed by atoms with E-state index in [1.54, 1.807) is 0 Å². The summed E-state index contributed by atoms with van der Waals surface area (Å²) >= 11 is 0. The number of phenolic OH excluding ortho intramolecular Hbond substituents is 1. The van der Waals surface area contributed by atoms with Gasteiger partial charge in [0.2, 0.25) is 0 Å². The largest absolute Gasteiger partial charge is 0.508 e. The molecule has 87 heavy (non-hydrogen) atoms. The number of carbonyl (C=O) groups excluding carboxylic acids is 5. The minimum atomic E-state index is -2.52. The number of aliphatic hydroxyl groups is 11. The Hall–Kier alpha value is -7.23. The van der Waals surface area contributed by atoms with Crippen molar-refractivity contribution in [3.63, 3.8) is 0 Å². The maximum atomic E-state index is 13.8. The highest BCUT2D eigenvalue weighted by Crippen LogP contribution is 2.55. The second-order valence-electron chi connectivity index (χ2n) is 22.4. The van der Waals surface area contributed by atoms with Gasteiger partial charge in [0.1, 0.15) is 89.2 Å². The number of carbonyl (C=O) groups is 5. The Kier molecular flexibility index (Phi) is 19.5. The van der Waals surface area contributed by atoms with Crippen molar-refractivity contribution < 1.29 is 104 Å². The first kappa shape index (κ1) is 65.7. The van der Waals surface area contributed by atoms with Crippen molar-refractivity contribution in [3.8, 4) is 5.75 Å². The van der Waals surface area contributed by atoms with Gasteiger partial charge in [-0.3, -0.25) is 19.3 Å². The maximum absolute atomic E-state index is 13.8. The van der Waals surface area contributed by atoms with Gasteiger partial charge in [-0.05, 0) is 63.2 Å². The van der Waals surface area contributed by atoms with Crippen LogP contribution in [0.1, 0.15) is 36.2 Å². The van der Waals surface area contributed by atoms with Gasteiger partial charge in [0.25, 0.3) is 5.91 Å². The number of primary amides is 1. The summed E-state index contributed by atoms with van der Waals surface area (Å²) in [7, 11) is 1.45. The van der Waals surface area contributed by atoms with Crippen molar-refractivity contribution in [2.24, 2.45) is 50.5 Å². The lowest BCUT2D eigenvalue weighted by atomic mass is 9.56. The molecule has 8 unspecified atom stereocenters. The van der Waals surface area contributed by atoms with Crippen LogP contribution in [0.5, 0.6) is 5.75 Å². The SMILES string of the molecule is C[C@@H]1O[C@@H](O[C@@H]2C(O)[C@@H](O)C(N=C(N)N)C(O)[C@@H]2N=C(N)N)C(O[C@@H]2OC(CO)[C@H](O)[C@H](O)C2N(C)CCNC(=O)Nc2cccc(NC(=O)NCCNC3C(=O)C(C(N)=O)=C(O)[C@@]4(O)C=C5C(=O)c6c(O)cccc6[C@@](C)(O)[C@H]5CC34)c2)[C@]1(O)CO. The van der Waals surface area contributed by atoms with Crippen molar-refractivity contribution in [2.45, 2.75) is 129 Å². The number of aliphatic imine (C=N–C) groups is 2. The van der Waals surface area contributed by atoms with E-state index >= 15 is 0 Å². The molecule has 478 valence electrons. The summed E-state index contributed by atoms with van der Waals surface area (Å²) in [6, 6.07) is 2.58. The second kappa shape index (κ2) is 25.8. The Labute approximate surface area is 495 Å². The quantitative estimate of drug-likeness (QED) is 0.0269. The molecule has 0 radical (unpaired) electrons. The minimum Gasteiger partial charge on any atom is -0.508 e. The number of Topliss-reactive ketones (excluding diaryl/α,β-unsaturated/α-hetero) is 2. The van der Waals surface area contributed by atoms with Gasteiger partial charge in [-0.2, -0.15) is 0 Å². The third-order valence-electron chi connectivity index (χ3n) is 16.9. The fourth-order valence-corrected chi connectivity index (χ4v) is 12.3. The van der Waals surface area contributed by atoms with Crippen LogP contribution >= 0.6 is 0 Å². The molecule has 2 aliphatic heterocycles. The molecule has 2 aromatic carbocycles. The summed E-state index contributed by atoms with van der Waals surface area (Å²) in [6.45, 7) is 0.228. The summed E-state index contributed by atoms with van der Waals surface area (Å²) < 4.78 is 24.1. The number of rotatable bonds is 19. The van der Waals surface area contributed by atoms with E-state index in [0.717, 1.165) is 6.08 Å². The highest BCUT2D eigenvalue weighted by Gasteiger charge is 2.63. The van der Waals surface area contributed by atoms with E-state index in [2.05, 4.69) is 36.6 Å². The molecule has 6 aliphatic rings. The average Bonchev–Trinajstić information content (AvgIpc) is 1.22. The number of hydrogen-bond donors (Lipinski definition) is 22. The zero-order chi connectivity index (χ0) is 63.9. The fraction of sp³-hybridized carbons (Fsp3) is 0.566. The predicted molar refractivity (Wildman–Crippen MR) is 300 cm³/mol. The number of likely N-dealkylation sites (N-methyl/N-ethyl adjacent to an activating group) is 1. The number of ether oxygens (including phenoxy) is 4. The molecule has 0 spiro atoms. The van der Waals surface area contributed by atoms with Gasteiger partial charge in [-0.15, -0.1) is 0 Å². The number of aliphatic hydroxyl groups excluding tert-OH is 8. The molecule has 8 rings (SSSR count). The molecule has 4 aliphatic carbocycles. The second-order valence-corrected chi connectivity index (χ2v) is 22.4. The Bertz CT molecular complexity index is 3070. The number of aromatic hydroxyl groups is 1. The molecule has 0 bridgehead atoms. The third-order valence-corrected chi connectivity index (χ3v) is 16.9. The highest BCUT2D eigenvalue weighted by molar-refractivity contribution is 6.22. The third kappa shape index (κ3) is 12.6. The Morgan fingerprint density at radius 1 is 0.782 bits per heavy atom. The van der Waals surface area contributed by atoms with E-state index in [1.807, 2.05) is 0 Å². The monoisotopic (exact) mass is 1230 g/mol. The number of nitrogens with one attached hydrogen (secondary N) is 5. The number of guanidine groups is 2. The van der Waals surface area contributed by atoms with E-state index in [4.69, 9.17) is 47.6 Å². The lowest BCUT2D eigenvalue weighted by Gasteiger charge is -2.51. The predicted octanol–water partition coefficient (Wildman–Crippen LogP) is -7.77. The van der Waals surface area contributed by atoms with Gasteiger partial charge < -0.3 is 135 Å². The summed E-state index contributed by atoms with van der Waals surface area (Å²) in [4.78, 5) is 75.6. The number of anilines is 2. The van der Waals surface area contributed by atoms with E-state index in [9.17, 15) is 85.3 Å². The van der Waals surface area contributed by atoms with Crippen molar-refractivity contribution >= 4 is 52.8 Å². The molecule has 2 aromatic rings. The first-order chi connectivity index (χ1) is 40.9. The molecule has 2 heterocycles. The number of fused-ring (bicyclic) bond motifs is 3. The number of urea groups is 2. The fourth-order valence-electron chi connectivity index (χ4n) is 12.3. The number of ketones is 2. The zero-order valence-electron chi connectivity index (χ0n) is 47.2. The molecule has 5 amide bonds. The van der Waals surface area contributed by atoms with E-state index < -0.39 is 192 Å². The summed E-state index contributed by atoms with van der Waals surface area (Å²) in [5.74, 6) is -8.11. The summed E-state index contributed by atoms with van der Waals surface area (Å²) in [6.07, 6.45) is -18.3. The number of nitrogens with two attached hydrogens (primary N) is 5. The number of nitrogens with zero attached hydrogens (tertiary/aromatic N) is 3. The maximum Gasteiger partial charge on any atom is 0.319 e. The first-order valence-electron chi connectivity index (χ1n) is 27.5. The Morgan fingerprint density at radius 2 is 1.40 bits per heavy atom. The Morgan fingerprint density at radius 3 is 2.01 bits per heavy atom. The molecule has 0 aromatic heterocycles. The lowest BCUT2D eigenvalue weighted by Crippen LogP contribution is -2.67. The van der Waals surface area contributed by atoms with Crippen LogP contribution in [0.2, 0.25) is 0 Å². The molecule has 1 saturated carbocycles. The standard InChI is InChI=1S/C53H75N13O21/c1-19-53(83,18-68)43(46(84-19)86-41-32(65-48(57)58)37(73)31(64-47(55)56)38(74)40(41)76)87-45-33(39(75)35(71)27(17-67)85-45)66(3)13-12-61-50(80)63-21-7-4-6-20(14-21)62-49(79)60-11-10-59-30-25-15-24-22(16-52(25,82)42(77)29(36(30)72)44(54)78)34(70)28-23(51(24,2)81)8-5-9-26(28)69/h4-9,14,16,19,24-25,27,30-33,35,37-41,43,45-46,59,67-69,71,73-77,81-83H,10-13,15,17-18H2,1-3H3,(H2,54,78)(H4,55,56,64)(H4,57,58,65)(H2,60,62,79)(H2,61,63,80)/t19-,24-,25?,27?,30?,31?,32-,33?,35-,37?,38-,39+,40?,41-,43?,45-,46-,51+,52+,53-/m0/s1. The van der Waals surface area contributed by atoms with Crippen LogP contribution < -0.4 is 55.3 Å². The van der Waals surface area contributed by atoms with Gasteiger partial charge in [0.15, 0.2) is 36.1 Å². The highest BCUT2D eigenvalue weighted by atomic mass is 16.8. The topological polar surface area (TPSA) is 583 Å². The van der Waals surface area contributed by atoms with E-state index in [0.29, 0.717) is 0 Å². The molecule has 20 atom stereocenters. The molecule has 3 fully saturated rings. The van der Waals surface area contributed by atoms with Crippen LogP contribution in [0.4, 0.5) is 21.0 Å². The molecule has 2 saturated heterocycles. The van der Waals surface area contributed by atoms with Crippen LogP contribution in [-0.2, 0) is 34.1 Å². The van der Waals surface area contributed by atoms with Crippen LogP contribution in [0, 0.1) is 11.8 Å². The molecular formula is C53H75N13O21. The number of phenols is 1. The van der Waals surface area contributed by atoms with E-state index in [1.165, 1.54) is 68.3 Å². The van der Waals surface area contributed by atoms with Gasteiger partial charge in [-0.25, -0.2) is 19.6 Å². The number of hydrogen-bond acceptors (Lipinski definition) is 25. The van der Waals surface area contributed by atoms with Crippen molar-refractivity contribution in [2.75, 3.05) is 57.1 Å². The van der Waals surface area contributed by atoms with Crippen LogP contribution in [0.15, 0.2) is 75.4 Å². The van der Waals surface area contributed by atoms with Gasteiger partial charge in [0.05, 0.1) is 42.6 Å². The molecule has 34 nitrogen and oxygen atoms in total.